The number of alkyl halides is 1. The summed E-state index contributed by atoms with van der Waals surface area (Å²) in [6.45, 7) is 4.85. The predicted molar refractivity (Wildman–Crippen MR) is 59.7 cm³/mol. The maximum atomic E-state index is 14.4. The van der Waals surface area contributed by atoms with Crippen LogP contribution in [-0.2, 0) is 5.67 Å². The Kier molecular flexibility index (Phi) is 3.05. The topological polar surface area (TPSA) is 35.2 Å². The van der Waals surface area contributed by atoms with E-state index in [1.807, 2.05) is 0 Å². The molecule has 1 rings (SSSR count). The first kappa shape index (κ1) is 12.0. The number of benzene rings is 1. The van der Waals surface area contributed by atoms with Gasteiger partial charge in [0.05, 0.1) is 7.11 Å². The van der Waals surface area contributed by atoms with E-state index >= 15 is 0 Å². The number of methoxy groups -OCH3 is 1. The third-order valence-corrected chi connectivity index (χ3v) is 2.84. The lowest BCUT2D eigenvalue weighted by Crippen LogP contribution is -2.49. The Balaban J connectivity index is 3.06. The highest BCUT2D eigenvalue weighted by atomic mass is 19.1. The lowest BCUT2D eigenvalue weighted by Gasteiger charge is -2.34. The Hall–Kier alpha value is -1.09. The minimum atomic E-state index is -1.56. The van der Waals surface area contributed by atoms with Crippen LogP contribution in [0.2, 0.25) is 0 Å². The van der Waals surface area contributed by atoms with Crippen LogP contribution in [0.3, 0.4) is 0 Å². The van der Waals surface area contributed by atoms with Gasteiger partial charge in [-0.1, -0.05) is 12.1 Å². The van der Waals surface area contributed by atoms with Gasteiger partial charge in [-0.3, -0.25) is 0 Å². The number of hydrogen-bond acceptors (Lipinski definition) is 2. The third kappa shape index (κ3) is 2.29. The zero-order valence-electron chi connectivity index (χ0n) is 9.67. The molecule has 0 heterocycles. The molecular formula is C12H18FNO. The Morgan fingerprint density at radius 3 is 1.93 bits per heavy atom. The minimum absolute atomic E-state index is 0.566. The molecule has 3 heteroatoms. The van der Waals surface area contributed by atoms with Crippen LogP contribution >= 0.6 is 0 Å². The van der Waals surface area contributed by atoms with E-state index in [2.05, 4.69) is 0 Å². The summed E-state index contributed by atoms with van der Waals surface area (Å²) in [6.07, 6.45) is 0. The van der Waals surface area contributed by atoms with Gasteiger partial charge in [0.1, 0.15) is 11.4 Å². The van der Waals surface area contributed by atoms with Crippen molar-refractivity contribution in [2.24, 2.45) is 5.73 Å². The van der Waals surface area contributed by atoms with Gasteiger partial charge in [-0.15, -0.1) is 0 Å². The van der Waals surface area contributed by atoms with Crippen molar-refractivity contribution in [3.8, 4) is 5.75 Å². The molecule has 1 aromatic carbocycles. The zero-order valence-corrected chi connectivity index (χ0v) is 9.67. The van der Waals surface area contributed by atoms with Gasteiger partial charge in [0.15, 0.2) is 0 Å². The Morgan fingerprint density at radius 2 is 1.60 bits per heavy atom. The third-order valence-electron chi connectivity index (χ3n) is 2.84. The smallest absolute Gasteiger partial charge is 0.150 e. The molecule has 0 spiro atoms. The quantitative estimate of drug-likeness (QED) is 0.834. The molecular weight excluding hydrogens is 193 g/mol. The average molecular weight is 211 g/mol. The lowest BCUT2D eigenvalue weighted by molar-refractivity contribution is 0.0954. The maximum absolute atomic E-state index is 14.4. The van der Waals surface area contributed by atoms with Crippen molar-refractivity contribution >= 4 is 0 Å². The zero-order chi connectivity index (χ0) is 11.7. The maximum Gasteiger partial charge on any atom is 0.150 e. The number of halogens is 1. The van der Waals surface area contributed by atoms with Crippen LogP contribution in [0.5, 0.6) is 5.75 Å². The molecule has 0 aromatic heterocycles. The summed E-state index contributed by atoms with van der Waals surface area (Å²) in [4.78, 5) is 0. The molecule has 0 aliphatic carbocycles. The summed E-state index contributed by atoms with van der Waals surface area (Å²) < 4.78 is 19.4. The van der Waals surface area contributed by atoms with E-state index < -0.39 is 11.2 Å². The van der Waals surface area contributed by atoms with Crippen molar-refractivity contribution in [3.05, 3.63) is 29.8 Å². The first-order valence-electron chi connectivity index (χ1n) is 4.91. The molecule has 0 radical (unpaired) electrons. The molecule has 0 bridgehead atoms. The summed E-state index contributed by atoms with van der Waals surface area (Å²) in [6, 6.07) is 6.87. The van der Waals surface area contributed by atoms with Crippen LogP contribution in [0.15, 0.2) is 24.3 Å². The molecule has 1 atom stereocenters. The minimum Gasteiger partial charge on any atom is -0.497 e. The first-order valence-corrected chi connectivity index (χ1v) is 4.91. The highest BCUT2D eigenvalue weighted by Gasteiger charge is 2.39. The van der Waals surface area contributed by atoms with E-state index in [-0.39, 0.29) is 0 Å². The highest BCUT2D eigenvalue weighted by Crippen LogP contribution is 2.35. The van der Waals surface area contributed by atoms with Crippen LogP contribution in [0.1, 0.15) is 26.3 Å². The van der Waals surface area contributed by atoms with Gasteiger partial charge in [-0.25, -0.2) is 4.39 Å². The van der Waals surface area contributed by atoms with E-state index in [1.54, 1.807) is 45.2 Å². The summed E-state index contributed by atoms with van der Waals surface area (Å²) in [7, 11) is 1.58. The average Bonchev–Trinajstić information content (AvgIpc) is 2.16. The second kappa shape index (κ2) is 3.81. The van der Waals surface area contributed by atoms with Crippen LogP contribution in [0.4, 0.5) is 4.39 Å². The molecule has 2 nitrogen and oxygen atoms in total. The molecule has 0 saturated heterocycles. The fourth-order valence-electron chi connectivity index (χ4n) is 1.28. The molecule has 84 valence electrons. The van der Waals surface area contributed by atoms with Crippen molar-refractivity contribution in [1.82, 2.24) is 0 Å². The number of rotatable bonds is 3. The SMILES string of the molecule is COc1ccc(C(C)(F)C(C)(C)N)cc1. The van der Waals surface area contributed by atoms with Crippen molar-refractivity contribution in [2.45, 2.75) is 32.0 Å². The van der Waals surface area contributed by atoms with Gasteiger partial charge in [0.2, 0.25) is 0 Å². The van der Waals surface area contributed by atoms with Crippen molar-refractivity contribution < 1.29 is 9.13 Å². The van der Waals surface area contributed by atoms with E-state index in [1.165, 1.54) is 6.92 Å². The second-order valence-electron chi connectivity index (χ2n) is 4.45. The van der Waals surface area contributed by atoms with Crippen molar-refractivity contribution in [1.29, 1.82) is 0 Å². The number of hydrogen-bond donors (Lipinski definition) is 1. The van der Waals surface area contributed by atoms with E-state index in [9.17, 15) is 4.39 Å². The molecule has 0 fully saturated rings. The standard InChI is InChI=1S/C12H18FNO/c1-11(2,14)12(3,13)9-5-7-10(15-4)8-6-9/h5-8H,14H2,1-4H3. The molecule has 15 heavy (non-hydrogen) atoms. The molecule has 2 N–H and O–H groups in total. The summed E-state index contributed by atoms with van der Waals surface area (Å²) in [5, 5.41) is 0. The largest absolute Gasteiger partial charge is 0.497 e. The fourth-order valence-corrected chi connectivity index (χ4v) is 1.28. The molecule has 1 unspecified atom stereocenters. The van der Waals surface area contributed by atoms with E-state index in [4.69, 9.17) is 10.5 Å². The molecule has 1 aromatic rings. The summed E-state index contributed by atoms with van der Waals surface area (Å²) >= 11 is 0. The van der Waals surface area contributed by atoms with Gasteiger partial charge < -0.3 is 10.5 Å². The van der Waals surface area contributed by atoms with Gasteiger partial charge in [-0.2, -0.15) is 0 Å². The Morgan fingerprint density at radius 1 is 1.13 bits per heavy atom. The van der Waals surface area contributed by atoms with Crippen LogP contribution in [-0.4, -0.2) is 12.6 Å². The van der Waals surface area contributed by atoms with Crippen LogP contribution in [0, 0.1) is 0 Å². The van der Waals surface area contributed by atoms with Crippen LogP contribution in [0.25, 0.3) is 0 Å². The lowest BCUT2D eigenvalue weighted by atomic mass is 9.81. The predicted octanol–water partition coefficient (Wildman–Crippen LogP) is 2.62. The van der Waals surface area contributed by atoms with Crippen molar-refractivity contribution in [3.63, 3.8) is 0 Å². The fraction of sp³-hybridized carbons (Fsp3) is 0.500. The monoisotopic (exact) mass is 211 g/mol. The first-order chi connectivity index (χ1) is 6.79. The highest BCUT2D eigenvalue weighted by molar-refractivity contribution is 5.32. The van der Waals surface area contributed by atoms with Crippen molar-refractivity contribution in [2.75, 3.05) is 7.11 Å². The van der Waals surface area contributed by atoms with Gasteiger partial charge in [0, 0.05) is 5.54 Å². The number of ether oxygens (including phenoxy) is 1. The second-order valence-corrected chi connectivity index (χ2v) is 4.45. The van der Waals surface area contributed by atoms with E-state index in [0.29, 0.717) is 11.3 Å². The van der Waals surface area contributed by atoms with Gasteiger partial charge in [0.25, 0.3) is 0 Å². The summed E-state index contributed by atoms with van der Waals surface area (Å²) in [5.41, 5.74) is 3.90. The molecule has 0 amide bonds. The van der Waals surface area contributed by atoms with E-state index in [0.717, 1.165) is 0 Å². The van der Waals surface area contributed by atoms with Crippen LogP contribution < -0.4 is 10.5 Å². The molecule has 0 saturated carbocycles. The Bertz CT molecular complexity index is 324. The molecule has 0 aliphatic heterocycles. The Labute approximate surface area is 90.2 Å². The summed E-state index contributed by atoms with van der Waals surface area (Å²) in [5.74, 6) is 0.712. The molecule has 0 aliphatic rings. The van der Waals surface area contributed by atoms with Gasteiger partial charge in [-0.05, 0) is 38.5 Å². The normalized spacial score (nSPS) is 15.9. The number of nitrogens with two attached hydrogens (primary N) is 1. The van der Waals surface area contributed by atoms with Gasteiger partial charge >= 0.3 is 0 Å².